The van der Waals surface area contributed by atoms with Crippen molar-refractivity contribution in [3.05, 3.63) is 59.7 Å². The Balaban J connectivity index is 2.63. The minimum absolute atomic E-state index is 0.103. The molecule has 2 N–H and O–H groups in total. The second-order valence-electron chi connectivity index (χ2n) is 12.9. The number of nitrogens with zero attached hydrogens (tertiary/aromatic N) is 1. The summed E-state index contributed by atoms with van der Waals surface area (Å²) in [5.41, 5.74) is 1.49. The van der Waals surface area contributed by atoms with Crippen molar-refractivity contribution in [3.63, 3.8) is 0 Å². The molecule has 0 aliphatic carbocycles. The molecule has 0 aliphatic heterocycles. The fourth-order valence-electron chi connectivity index (χ4n) is 4.83. The van der Waals surface area contributed by atoms with Gasteiger partial charge < -0.3 is 25.0 Å². The second kappa shape index (κ2) is 15.6. The number of ether oxygens (including phenoxy) is 2. The number of amides is 3. The van der Waals surface area contributed by atoms with E-state index in [9.17, 15) is 14.4 Å². The van der Waals surface area contributed by atoms with E-state index in [4.69, 9.17) is 9.47 Å². The number of carbonyl (C=O) groups is 3. The molecule has 0 saturated heterocycles. The third-order valence-electron chi connectivity index (χ3n) is 6.95. The Morgan fingerprint density at radius 2 is 1.50 bits per heavy atom. The largest absolute Gasteiger partial charge is 0.497 e. The normalized spacial score (nSPS) is 13.7. The summed E-state index contributed by atoms with van der Waals surface area (Å²) in [7, 11) is 1.59. The van der Waals surface area contributed by atoms with E-state index in [2.05, 4.69) is 24.5 Å². The van der Waals surface area contributed by atoms with Gasteiger partial charge in [-0.15, -0.1) is 0 Å². The summed E-state index contributed by atoms with van der Waals surface area (Å²) >= 11 is 0. The molecule has 42 heavy (non-hydrogen) atoms. The maximum absolute atomic E-state index is 14.6. The third kappa shape index (κ3) is 10.7. The lowest BCUT2D eigenvalue weighted by atomic mass is 9.93. The van der Waals surface area contributed by atoms with Crippen molar-refractivity contribution in [2.24, 2.45) is 11.8 Å². The highest BCUT2D eigenvalue weighted by Gasteiger charge is 2.39. The van der Waals surface area contributed by atoms with E-state index in [1.165, 1.54) is 0 Å². The van der Waals surface area contributed by atoms with Gasteiger partial charge in [-0.25, -0.2) is 4.79 Å². The standard InChI is InChI=1S/C34H51N3O5/c1-22(2)15-16-25(6)37(32(39)29(21-23(3)4)36-33(40)42-34(7,8)9)30(28-14-12-11-13-24(28)5)31(38)35-26-17-19-27(41-10)20-18-26/h11-14,17-20,22-23,25,29-30H,15-16,21H2,1-10H3,(H,35,38)(H,36,40). The highest BCUT2D eigenvalue weighted by Crippen LogP contribution is 2.31. The van der Waals surface area contributed by atoms with Gasteiger partial charge in [-0.05, 0) is 101 Å². The summed E-state index contributed by atoms with van der Waals surface area (Å²) in [6.45, 7) is 17.5. The van der Waals surface area contributed by atoms with Gasteiger partial charge in [-0.3, -0.25) is 9.59 Å². The van der Waals surface area contributed by atoms with E-state index in [0.717, 1.165) is 17.5 Å². The summed E-state index contributed by atoms with van der Waals surface area (Å²) in [5.74, 6) is 0.545. The van der Waals surface area contributed by atoms with Crippen molar-refractivity contribution in [1.29, 1.82) is 0 Å². The van der Waals surface area contributed by atoms with Crippen LogP contribution < -0.4 is 15.4 Å². The number of carbonyl (C=O) groups excluding carboxylic acids is 3. The van der Waals surface area contributed by atoms with Crippen LogP contribution in [0, 0.1) is 18.8 Å². The van der Waals surface area contributed by atoms with Crippen molar-refractivity contribution >= 4 is 23.6 Å². The summed E-state index contributed by atoms with van der Waals surface area (Å²) < 4.78 is 10.8. The molecule has 0 fully saturated rings. The Kier molecular flexibility index (Phi) is 12.9. The number of rotatable bonds is 13. The van der Waals surface area contributed by atoms with Gasteiger partial charge in [0.25, 0.3) is 5.91 Å². The van der Waals surface area contributed by atoms with E-state index in [-0.39, 0.29) is 23.8 Å². The molecule has 0 heterocycles. The topological polar surface area (TPSA) is 97.0 Å². The van der Waals surface area contributed by atoms with E-state index >= 15 is 0 Å². The fourth-order valence-corrected chi connectivity index (χ4v) is 4.83. The van der Waals surface area contributed by atoms with Gasteiger partial charge in [0.15, 0.2) is 0 Å². The van der Waals surface area contributed by atoms with Gasteiger partial charge in [0, 0.05) is 11.7 Å². The van der Waals surface area contributed by atoms with Crippen LogP contribution in [0.2, 0.25) is 0 Å². The smallest absolute Gasteiger partial charge is 0.408 e. The number of anilines is 1. The molecule has 0 radical (unpaired) electrons. The van der Waals surface area contributed by atoms with Crippen molar-refractivity contribution < 1.29 is 23.9 Å². The molecule has 0 aromatic heterocycles. The Hall–Kier alpha value is -3.55. The molecule has 0 spiro atoms. The molecule has 3 unspecified atom stereocenters. The van der Waals surface area contributed by atoms with Crippen LogP contribution in [0.25, 0.3) is 0 Å². The van der Waals surface area contributed by atoms with E-state index < -0.39 is 23.8 Å². The zero-order valence-electron chi connectivity index (χ0n) is 27.1. The van der Waals surface area contributed by atoms with Crippen LogP contribution in [0.15, 0.2) is 48.5 Å². The van der Waals surface area contributed by atoms with Gasteiger partial charge in [0.05, 0.1) is 7.11 Å². The molecule has 3 atom stereocenters. The maximum atomic E-state index is 14.6. The average Bonchev–Trinajstić information content (AvgIpc) is 2.89. The lowest BCUT2D eigenvalue weighted by Gasteiger charge is -2.39. The monoisotopic (exact) mass is 581 g/mol. The number of alkyl carbamates (subject to hydrolysis) is 1. The zero-order valence-corrected chi connectivity index (χ0v) is 27.1. The molecule has 0 aliphatic rings. The van der Waals surface area contributed by atoms with Gasteiger partial charge in [0.2, 0.25) is 5.91 Å². The number of benzene rings is 2. The first-order valence-electron chi connectivity index (χ1n) is 14.9. The fraction of sp³-hybridized carbons (Fsp3) is 0.559. The molecule has 2 rings (SSSR count). The Bertz CT molecular complexity index is 1170. The molecule has 0 saturated carbocycles. The lowest BCUT2D eigenvalue weighted by Crippen LogP contribution is -2.55. The summed E-state index contributed by atoms with van der Waals surface area (Å²) in [6.07, 6.45) is 1.31. The molecule has 8 heteroatoms. The predicted octanol–water partition coefficient (Wildman–Crippen LogP) is 7.28. The number of aryl methyl sites for hydroxylation is 1. The molecule has 3 amide bonds. The second-order valence-corrected chi connectivity index (χ2v) is 12.9. The van der Waals surface area contributed by atoms with Crippen molar-refractivity contribution in [2.75, 3.05) is 12.4 Å². The van der Waals surface area contributed by atoms with Crippen LogP contribution in [-0.2, 0) is 14.3 Å². The molecular formula is C34H51N3O5. The number of hydrogen-bond donors (Lipinski definition) is 2. The molecule has 2 aromatic carbocycles. The third-order valence-corrected chi connectivity index (χ3v) is 6.95. The Morgan fingerprint density at radius 3 is 2.02 bits per heavy atom. The van der Waals surface area contributed by atoms with Crippen LogP contribution >= 0.6 is 0 Å². The van der Waals surface area contributed by atoms with Gasteiger partial charge in [-0.1, -0.05) is 52.0 Å². The van der Waals surface area contributed by atoms with Crippen LogP contribution in [0.4, 0.5) is 10.5 Å². The first-order chi connectivity index (χ1) is 19.6. The zero-order chi connectivity index (χ0) is 31.6. The first-order valence-corrected chi connectivity index (χ1v) is 14.9. The number of methoxy groups -OCH3 is 1. The Morgan fingerprint density at radius 1 is 0.881 bits per heavy atom. The number of hydrogen-bond acceptors (Lipinski definition) is 5. The SMILES string of the molecule is COc1ccc(NC(=O)C(c2ccccc2C)N(C(=O)C(CC(C)C)NC(=O)OC(C)(C)C)C(C)CCC(C)C)cc1. The van der Waals surface area contributed by atoms with Gasteiger partial charge in [-0.2, -0.15) is 0 Å². The molecule has 232 valence electrons. The summed E-state index contributed by atoms with van der Waals surface area (Å²) in [4.78, 5) is 43.4. The van der Waals surface area contributed by atoms with Crippen LogP contribution in [0.1, 0.15) is 91.8 Å². The van der Waals surface area contributed by atoms with Crippen LogP contribution in [-0.4, -0.2) is 47.6 Å². The van der Waals surface area contributed by atoms with Crippen molar-refractivity contribution in [2.45, 2.75) is 105 Å². The molecule has 2 aromatic rings. The van der Waals surface area contributed by atoms with Crippen molar-refractivity contribution in [3.8, 4) is 5.75 Å². The van der Waals surface area contributed by atoms with E-state index in [1.54, 1.807) is 57.0 Å². The van der Waals surface area contributed by atoms with Crippen molar-refractivity contribution in [1.82, 2.24) is 10.2 Å². The minimum Gasteiger partial charge on any atom is -0.497 e. The van der Waals surface area contributed by atoms with Gasteiger partial charge >= 0.3 is 6.09 Å². The number of nitrogens with one attached hydrogen (secondary N) is 2. The molecular weight excluding hydrogens is 530 g/mol. The van der Waals surface area contributed by atoms with E-state index in [0.29, 0.717) is 30.2 Å². The average molecular weight is 582 g/mol. The highest BCUT2D eigenvalue weighted by molar-refractivity contribution is 5.99. The highest BCUT2D eigenvalue weighted by atomic mass is 16.6. The first kappa shape index (κ1) is 34.7. The quantitative estimate of drug-likeness (QED) is 0.259. The predicted molar refractivity (Wildman–Crippen MR) is 169 cm³/mol. The lowest BCUT2D eigenvalue weighted by molar-refractivity contribution is -0.144. The maximum Gasteiger partial charge on any atom is 0.408 e. The minimum atomic E-state index is -0.932. The Labute approximate surface area is 252 Å². The summed E-state index contributed by atoms with van der Waals surface area (Å²) in [6, 6.07) is 12.6. The summed E-state index contributed by atoms with van der Waals surface area (Å²) in [5, 5.41) is 5.85. The molecule has 0 bridgehead atoms. The van der Waals surface area contributed by atoms with Crippen LogP contribution in [0.5, 0.6) is 5.75 Å². The van der Waals surface area contributed by atoms with Gasteiger partial charge in [0.1, 0.15) is 23.4 Å². The van der Waals surface area contributed by atoms with Crippen LogP contribution in [0.3, 0.4) is 0 Å². The van der Waals surface area contributed by atoms with E-state index in [1.807, 2.05) is 52.0 Å². The molecule has 8 nitrogen and oxygen atoms in total.